The Morgan fingerprint density at radius 1 is 1.50 bits per heavy atom. The first-order chi connectivity index (χ1) is 9.49. The van der Waals surface area contributed by atoms with Gasteiger partial charge < -0.3 is 4.90 Å². The summed E-state index contributed by atoms with van der Waals surface area (Å²) in [6, 6.07) is 0. The predicted molar refractivity (Wildman–Crippen MR) is 81.2 cm³/mol. The Morgan fingerprint density at radius 3 is 2.90 bits per heavy atom. The standard InChI is InChI=1S/C15H24ClN3O/c1-11-5-4-6-12(9-11)15(20)14-13(16)10-17-19(14)8-7-18(2)3/h10-12H,4-9H2,1-3H3. The number of carbonyl (C=O) groups excluding carboxylic acids is 1. The van der Waals surface area contributed by atoms with Gasteiger partial charge in [0.2, 0.25) is 0 Å². The van der Waals surface area contributed by atoms with E-state index >= 15 is 0 Å². The second-order valence-electron chi connectivity index (χ2n) is 6.20. The molecule has 0 aliphatic heterocycles. The van der Waals surface area contributed by atoms with E-state index in [1.54, 1.807) is 10.9 Å². The van der Waals surface area contributed by atoms with Gasteiger partial charge in [-0.1, -0.05) is 31.4 Å². The zero-order valence-electron chi connectivity index (χ0n) is 12.6. The maximum atomic E-state index is 12.7. The van der Waals surface area contributed by atoms with Crippen LogP contribution in [0.2, 0.25) is 5.02 Å². The molecular formula is C15H24ClN3O. The van der Waals surface area contributed by atoms with Gasteiger partial charge in [-0.3, -0.25) is 9.48 Å². The van der Waals surface area contributed by atoms with Gasteiger partial charge >= 0.3 is 0 Å². The third-order valence-corrected chi connectivity index (χ3v) is 4.37. The molecule has 1 heterocycles. The van der Waals surface area contributed by atoms with Crippen LogP contribution in [0.15, 0.2) is 6.20 Å². The van der Waals surface area contributed by atoms with E-state index in [1.807, 2.05) is 14.1 Å². The molecule has 4 nitrogen and oxygen atoms in total. The molecule has 2 unspecified atom stereocenters. The molecule has 0 aromatic carbocycles. The second-order valence-corrected chi connectivity index (χ2v) is 6.61. The van der Waals surface area contributed by atoms with Crippen molar-refractivity contribution in [1.82, 2.24) is 14.7 Å². The van der Waals surface area contributed by atoms with Crippen molar-refractivity contribution in [2.24, 2.45) is 11.8 Å². The molecule has 20 heavy (non-hydrogen) atoms. The summed E-state index contributed by atoms with van der Waals surface area (Å²) in [4.78, 5) is 14.8. The van der Waals surface area contributed by atoms with Gasteiger partial charge in [0.1, 0.15) is 5.69 Å². The van der Waals surface area contributed by atoms with Crippen molar-refractivity contribution < 1.29 is 4.79 Å². The Hall–Kier alpha value is -0.870. The van der Waals surface area contributed by atoms with Crippen LogP contribution >= 0.6 is 11.6 Å². The van der Waals surface area contributed by atoms with Crippen molar-refractivity contribution >= 4 is 17.4 Å². The van der Waals surface area contributed by atoms with Crippen molar-refractivity contribution in [1.29, 1.82) is 0 Å². The highest BCUT2D eigenvalue weighted by atomic mass is 35.5. The maximum Gasteiger partial charge on any atom is 0.185 e. The Kier molecular flexibility index (Phi) is 5.22. The van der Waals surface area contributed by atoms with Crippen LogP contribution in [-0.4, -0.2) is 41.1 Å². The minimum atomic E-state index is 0.117. The first kappa shape index (κ1) is 15.5. The molecule has 0 N–H and O–H groups in total. The van der Waals surface area contributed by atoms with Gasteiger partial charge in [0, 0.05) is 12.5 Å². The quantitative estimate of drug-likeness (QED) is 0.784. The van der Waals surface area contributed by atoms with E-state index < -0.39 is 0 Å². The summed E-state index contributed by atoms with van der Waals surface area (Å²) in [6.07, 6.45) is 5.93. The Morgan fingerprint density at radius 2 is 2.25 bits per heavy atom. The van der Waals surface area contributed by atoms with Gasteiger partial charge in [0.05, 0.1) is 17.8 Å². The van der Waals surface area contributed by atoms with Crippen molar-refractivity contribution in [3.05, 3.63) is 16.9 Å². The van der Waals surface area contributed by atoms with E-state index in [0.29, 0.717) is 23.2 Å². The fourth-order valence-electron chi connectivity index (χ4n) is 2.94. The van der Waals surface area contributed by atoms with Crippen LogP contribution in [0.25, 0.3) is 0 Å². The molecule has 1 aromatic heterocycles. The maximum absolute atomic E-state index is 12.7. The number of nitrogens with zero attached hydrogens (tertiary/aromatic N) is 3. The minimum Gasteiger partial charge on any atom is -0.308 e. The zero-order valence-corrected chi connectivity index (χ0v) is 13.4. The monoisotopic (exact) mass is 297 g/mol. The van der Waals surface area contributed by atoms with E-state index in [4.69, 9.17) is 11.6 Å². The summed E-state index contributed by atoms with van der Waals surface area (Å²) in [5.41, 5.74) is 0.604. The average molecular weight is 298 g/mol. The number of Topliss-reactive ketones (excluding diaryl/α,β-unsaturated/α-hetero) is 1. The predicted octanol–water partition coefficient (Wildman–Crippen LogP) is 3.11. The molecule has 0 spiro atoms. The Labute approximate surface area is 126 Å². The molecule has 0 bridgehead atoms. The smallest absolute Gasteiger partial charge is 0.185 e. The van der Waals surface area contributed by atoms with Gasteiger partial charge in [-0.05, 0) is 32.9 Å². The fraction of sp³-hybridized carbons (Fsp3) is 0.733. The third-order valence-electron chi connectivity index (χ3n) is 4.09. The van der Waals surface area contributed by atoms with Crippen LogP contribution < -0.4 is 0 Å². The summed E-state index contributed by atoms with van der Waals surface area (Å²) in [7, 11) is 4.02. The lowest BCUT2D eigenvalue weighted by molar-refractivity contribution is 0.0856. The molecule has 112 valence electrons. The van der Waals surface area contributed by atoms with E-state index in [2.05, 4.69) is 16.9 Å². The number of hydrogen-bond donors (Lipinski definition) is 0. The third kappa shape index (κ3) is 3.61. The summed E-state index contributed by atoms with van der Waals surface area (Å²) >= 11 is 6.19. The first-order valence-corrected chi connectivity index (χ1v) is 7.77. The summed E-state index contributed by atoms with van der Waals surface area (Å²) in [5, 5.41) is 4.75. The van der Waals surface area contributed by atoms with Crippen molar-refractivity contribution in [2.75, 3.05) is 20.6 Å². The van der Waals surface area contributed by atoms with E-state index in [0.717, 1.165) is 25.8 Å². The number of hydrogen-bond acceptors (Lipinski definition) is 3. The zero-order chi connectivity index (χ0) is 14.7. The lowest BCUT2D eigenvalue weighted by Gasteiger charge is -2.25. The van der Waals surface area contributed by atoms with Crippen LogP contribution in [0.3, 0.4) is 0 Å². The molecule has 0 radical (unpaired) electrons. The summed E-state index contributed by atoms with van der Waals surface area (Å²) in [6.45, 7) is 3.77. The van der Waals surface area contributed by atoms with E-state index in [1.165, 1.54) is 6.42 Å². The van der Waals surface area contributed by atoms with Crippen LogP contribution in [0.5, 0.6) is 0 Å². The molecule has 2 atom stereocenters. The Balaban J connectivity index is 2.14. The largest absolute Gasteiger partial charge is 0.308 e. The van der Waals surface area contributed by atoms with Gasteiger partial charge in [-0.25, -0.2) is 0 Å². The number of ketones is 1. The van der Waals surface area contributed by atoms with Gasteiger partial charge in [-0.2, -0.15) is 5.10 Å². The molecule has 5 heteroatoms. The summed E-state index contributed by atoms with van der Waals surface area (Å²) in [5.74, 6) is 0.929. The number of likely N-dealkylation sites (N-methyl/N-ethyl adjacent to an activating group) is 1. The minimum absolute atomic E-state index is 0.117. The summed E-state index contributed by atoms with van der Waals surface area (Å²) < 4.78 is 1.77. The van der Waals surface area contributed by atoms with Crippen molar-refractivity contribution in [3.8, 4) is 0 Å². The van der Waals surface area contributed by atoms with Gasteiger partial charge in [-0.15, -0.1) is 0 Å². The van der Waals surface area contributed by atoms with Crippen LogP contribution in [0.4, 0.5) is 0 Å². The second kappa shape index (κ2) is 6.72. The highest BCUT2D eigenvalue weighted by Crippen LogP contribution is 2.32. The fourth-order valence-corrected chi connectivity index (χ4v) is 3.17. The highest BCUT2D eigenvalue weighted by Gasteiger charge is 2.29. The molecule has 1 fully saturated rings. The van der Waals surface area contributed by atoms with Crippen molar-refractivity contribution in [3.63, 3.8) is 0 Å². The molecule has 1 saturated carbocycles. The topological polar surface area (TPSA) is 38.1 Å². The first-order valence-electron chi connectivity index (χ1n) is 7.39. The molecule has 2 rings (SSSR count). The molecule has 0 amide bonds. The lowest BCUT2D eigenvalue weighted by atomic mass is 9.79. The lowest BCUT2D eigenvalue weighted by Crippen LogP contribution is -2.26. The molecule has 1 aliphatic carbocycles. The van der Waals surface area contributed by atoms with Crippen LogP contribution in [0, 0.1) is 11.8 Å². The van der Waals surface area contributed by atoms with Crippen LogP contribution in [-0.2, 0) is 6.54 Å². The number of halogens is 1. The normalized spacial score (nSPS) is 23.2. The SMILES string of the molecule is CC1CCCC(C(=O)c2c(Cl)cnn2CCN(C)C)C1. The van der Waals surface area contributed by atoms with E-state index in [-0.39, 0.29) is 11.7 Å². The molecule has 1 aliphatic rings. The van der Waals surface area contributed by atoms with Crippen molar-refractivity contribution in [2.45, 2.75) is 39.2 Å². The molecule has 0 saturated heterocycles. The molecule has 1 aromatic rings. The van der Waals surface area contributed by atoms with Crippen LogP contribution in [0.1, 0.15) is 43.1 Å². The van der Waals surface area contributed by atoms with Gasteiger partial charge in [0.25, 0.3) is 0 Å². The Bertz CT molecular complexity index is 470. The number of rotatable bonds is 5. The van der Waals surface area contributed by atoms with Gasteiger partial charge in [0.15, 0.2) is 5.78 Å². The molecular weight excluding hydrogens is 274 g/mol. The number of aromatic nitrogens is 2. The highest BCUT2D eigenvalue weighted by molar-refractivity contribution is 6.33. The van der Waals surface area contributed by atoms with E-state index in [9.17, 15) is 4.79 Å². The average Bonchev–Trinajstić information content (AvgIpc) is 2.76. The number of carbonyl (C=O) groups is 1.